The summed E-state index contributed by atoms with van der Waals surface area (Å²) in [6, 6.07) is 1.81. The number of rotatable bonds is 10. The third kappa shape index (κ3) is 5.68. The number of nitrogens with zero attached hydrogens (tertiary/aromatic N) is 3. The summed E-state index contributed by atoms with van der Waals surface area (Å²) in [4.78, 5) is 10.8. The van der Waals surface area contributed by atoms with Crippen LogP contribution < -0.4 is 16.2 Å². The highest BCUT2D eigenvalue weighted by molar-refractivity contribution is 5.48. The van der Waals surface area contributed by atoms with E-state index in [1.165, 1.54) is 0 Å². The van der Waals surface area contributed by atoms with E-state index in [2.05, 4.69) is 20.3 Å². The molecule has 1 heterocycles. The average molecular weight is 283 g/mol. The molecule has 114 valence electrons. The fourth-order valence-corrected chi connectivity index (χ4v) is 1.76. The number of hydrazine groups is 1. The van der Waals surface area contributed by atoms with Gasteiger partial charge in [-0.1, -0.05) is 0 Å². The first kappa shape index (κ1) is 16.6. The number of nitrogens with one attached hydrogen (secondary N) is 1. The molecular weight excluding hydrogens is 258 g/mol. The number of unbranched alkanes of at least 4 members (excludes halogenated alkanes) is 2. The van der Waals surface area contributed by atoms with E-state index in [4.69, 9.17) is 15.7 Å². The minimum atomic E-state index is 0.247. The molecule has 4 N–H and O–H groups in total. The normalized spacial score (nSPS) is 10.6. The van der Waals surface area contributed by atoms with Gasteiger partial charge in [-0.3, -0.25) is 0 Å². The topological polar surface area (TPSA) is 96.5 Å². The summed E-state index contributed by atoms with van der Waals surface area (Å²) in [7, 11) is 1.98. The molecule has 1 aromatic rings. The van der Waals surface area contributed by atoms with Crippen LogP contribution in [0.1, 0.15) is 32.0 Å². The molecule has 0 aliphatic heterocycles. The van der Waals surface area contributed by atoms with Crippen molar-refractivity contribution >= 4 is 11.6 Å². The lowest BCUT2D eigenvalue weighted by atomic mass is 10.2. The van der Waals surface area contributed by atoms with Gasteiger partial charge < -0.3 is 20.2 Å². The maximum absolute atomic E-state index is 8.77. The number of ether oxygens (including phenoxy) is 1. The van der Waals surface area contributed by atoms with Crippen LogP contribution in [0.2, 0.25) is 0 Å². The van der Waals surface area contributed by atoms with Crippen LogP contribution in [0.5, 0.6) is 0 Å². The third-order valence-electron chi connectivity index (χ3n) is 2.88. The molecule has 0 aliphatic rings. The number of aliphatic hydroxyl groups excluding tert-OH is 1. The number of nitrogen functional groups attached to an aromatic ring is 1. The van der Waals surface area contributed by atoms with E-state index in [9.17, 15) is 0 Å². The molecule has 20 heavy (non-hydrogen) atoms. The van der Waals surface area contributed by atoms with Crippen molar-refractivity contribution in [2.24, 2.45) is 5.84 Å². The number of aromatic nitrogens is 2. The second-order valence-corrected chi connectivity index (χ2v) is 4.51. The first-order valence-corrected chi connectivity index (χ1v) is 6.95. The first-order chi connectivity index (χ1) is 9.71. The molecule has 0 aromatic carbocycles. The van der Waals surface area contributed by atoms with E-state index in [1.807, 2.05) is 20.0 Å². The Bertz CT molecular complexity index is 389. The monoisotopic (exact) mass is 283 g/mol. The summed E-state index contributed by atoms with van der Waals surface area (Å²) in [5, 5.41) is 8.77. The minimum absolute atomic E-state index is 0.247. The Labute approximate surface area is 120 Å². The molecule has 0 radical (unpaired) electrons. The average Bonchev–Trinajstić information content (AvgIpc) is 2.48. The van der Waals surface area contributed by atoms with E-state index in [0.717, 1.165) is 31.6 Å². The molecule has 7 heteroatoms. The number of hydrogen-bond acceptors (Lipinski definition) is 7. The quantitative estimate of drug-likeness (QED) is 0.333. The van der Waals surface area contributed by atoms with E-state index < -0.39 is 0 Å². The Morgan fingerprint density at radius 3 is 2.80 bits per heavy atom. The van der Waals surface area contributed by atoms with Crippen LogP contribution in [0.15, 0.2) is 6.07 Å². The molecular formula is C13H25N5O2. The lowest BCUT2D eigenvalue weighted by Gasteiger charge is -2.19. The summed E-state index contributed by atoms with van der Waals surface area (Å²) < 4.78 is 5.33. The van der Waals surface area contributed by atoms with E-state index >= 15 is 0 Å². The number of hydrogen-bond donors (Lipinski definition) is 3. The largest absolute Gasteiger partial charge is 0.396 e. The molecule has 0 saturated carbocycles. The maximum Gasteiger partial charge on any atom is 0.158 e. The SMILES string of the molecule is CCOCc1nc(NN)cc(N(C)CCCCCO)n1. The molecule has 1 rings (SSSR count). The number of nitrogens with two attached hydrogens (primary N) is 1. The summed E-state index contributed by atoms with van der Waals surface area (Å²) in [6.07, 6.45) is 2.84. The summed E-state index contributed by atoms with van der Waals surface area (Å²) in [5.74, 6) is 7.43. The van der Waals surface area contributed by atoms with Gasteiger partial charge in [0.2, 0.25) is 0 Å². The Balaban J connectivity index is 2.66. The fourth-order valence-electron chi connectivity index (χ4n) is 1.76. The highest BCUT2D eigenvalue weighted by Gasteiger charge is 2.08. The third-order valence-corrected chi connectivity index (χ3v) is 2.88. The summed E-state index contributed by atoms with van der Waals surface area (Å²) in [6.45, 7) is 4.04. The molecule has 0 saturated heterocycles. The van der Waals surface area contributed by atoms with E-state index in [1.54, 1.807) is 0 Å². The molecule has 0 unspecified atom stereocenters. The van der Waals surface area contributed by atoms with Crippen molar-refractivity contribution in [1.29, 1.82) is 0 Å². The first-order valence-electron chi connectivity index (χ1n) is 6.95. The minimum Gasteiger partial charge on any atom is -0.396 e. The molecule has 0 atom stereocenters. The van der Waals surface area contributed by atoms with Crippen molar-refractivity contribution in [2.45, 2.75) is 32.8 Å². The molecule has 0 aliphatic carbocycles. The van der Waals surface area contributed by atoms with Crippen LogP contribution in [0.3, 0.4) is 0 Å². The van der Waals surface area contributed by atoms with Crippen LogP contribution in [0.25, 0.3) is 0 Å². The van der Waals surface area contributed by atoms with Crippen LogP contribution >= 0.6 is 0 Å². The zero-order valence-corrected chi connectivity index (χ0v) is 12.3. The highest BCUT2D eigenvalue weighted by Crippen LogP contribution is 2.15. The van der Waals surface area contributed by atoms with Crippen molar-refractivity contribution in [2.75, 3.05) is 37.1 Å². The number of anilines is 2. The lowest BCUT2D eigenvalue weighted by Crippen LogP contribution is -2.22. The molecule has 0 fully saturated rings. The van der Waals surface area contributed by atoms with Gasteiger partial charge in [-0.05, 0) is 26.2 Å². The Morgan fingerprint density at radius 1 is 1.35 bits per heavy atom. The van der Waals surface area contributed by atoms with E-state index in [-0.39, 0.29) is 6.61 Å². The van der Waals surface area contributed by atoms with E-state index in [0.29, 0.717) is 24.9 Å². The van der Waals surface area contributed by atoms with Crippen LogP contribution in [-0.2, 0) is 11.3 Å². The van der Waals surface area contributed by atoms with Crippen LogP contribution in [0.4, 0.5) is 11.6 Å². The predicted molar refractivity (Wildman–Crippen MR) is 79.4 cm³/mol. The van der Waals surface area contributed by atoms with Gasteiger partial charge in [0.25, 0.3) is 0 Å². The maximum atomic E-state index is 8.77. The second-order valence-electron chi connectivity index (χ2n) is 4.51. The zero-order chi connectivity index (χ0) is 14.8. The smallest absolute Gasteiger partial charge is 0.158 e. The highest BCUT2D eigenvalue weighted by atomic mass is 16.5. The molecule has 0 bridgehead atoms. The molecule has 1 aromatic heterocycles. The van der Waals surface area contributed by atoms with Crippen LogP contribution in [-0.4, -0.2) is 41.9 Å². The van der Waals surface area contributed by atoms with Gasteiger partial charge in [0, 0.05) is 32.9 Å². The van der Waals surface area contributed by atoms with Gasteiger partial charge >= 0.3 is 0 Å². The van der Waals surface area contributed by atoms with Crippen molar-refractivity contribution in [3.8, 4) is 0 Å². The van der Waals surface area contributed by atoms with Gasteiger partial charge in [0.15, 0.2) is 5.82 Å². The fraction of sp³-hybridized carbons (Fsp3) is 0.692. The van der Waals surface area contributed by atoms with Crippen molar-refractivity contribution in [3.63, 3.8) is 0 Å². The predicted octanol–water partition coefficient (Wildman–Crippen LogP) is 0.897. The van der Waals surface area contributed by atoms with Gasteiger partial charge in [-0.15, -0.1) is 0 Å². The standard InChI is InChI=1S/C13H25N5O2/c1-3-20-10-12-15-11(17-14)9-13(16-12)18(2)7-5-4-6-8-19/h9,19H,3-8,10,14H2,1-2H3,(H,15,16,17). The molecule has 7 nitrogen and oxygen atoms in total. The lowest BCUT2D eigenvalue weighted by molar-refractivity contribution is 0.128. The Kier molecular flexibility index (Phi) is 7.86. The summed E-state index contributed by atoms with van der Waals surface area (Å²) in [5.41, 5.74) is 2.55. The molecule has 0 amide bonds. The number of aliphatic hydroxyl groups is 1. The van der Waals surface area contributed by atoms with Crippen molar-refractivity contribution in [3.05, 3.63) is 11.9 Å². The second kappa shape index (κ2) is 9.46. The molecule has 0 spiro atoms. The summed E-state index contributed by atoms with van der Waals surface area (Å²) >= 11 is 0. The van der Waals surface area contributed by atoms with Crippen molar-refractivity contribution in [1.82, 2.24) is 9.97 Å². The van der Waals surface area contributed by atoms with Crippen molar-refractivity contribution < 1.29 is 9.84 Å². The van der Waals surface area contributed by atoms with Crippen LogP contribution in [0, 0.1) is 0 Å². The van der Waals surface area contributed by atoms with Gasteiger partial charge in [0.1, 0.15) is 18.2 Å². The Morgan fingerprint density at radius 2 is 2.15 bits per heavy atom. The van der Waals surface area contributed by atoms with Gasteiger partial charge in [-0.2, -0.15) is 0 Å². The van der Waals surface area contributed by atoms with Gasteiger partial charge in [-0.25, -0.2) is 15.8 Å². The van der Waals surface area contributed by atoms with Gasteiger partial charge in [0.05, 0.1) is 0 Å². The zero-order valence-electron chi connectivity index (χ0n) is 12.3. The Hall–Kier alpha value is -1.44.